The first-order chi connectivity index (χ1) is 18.6. The van der Waals surface area contributed by atoms with Gasteiger partial charge in [-0.1, -0.05) is 34.1 Å². The summed E-state index contributed by atoms with van der Waals surface area (Å²) in [5.74, 6) is 0.805. The van der Waals surface area contributed by atoms with Crippen LogP contribution in [0.15, 0.2) is 4.99 Å². The summed E-state index contributed by atoms with van der Waals surface area (Å²) >= 11 is 0. The van der Waals surface area contributed by atoms with Gasteiger partial charge < -0.3 is 38.1 Å². The van der Waals surface area contributed by atoms with E-state index in [4.69, 9.17) is 17.3 Å². The SMILES string of the molecule is CC[C@H](C)[C@H](NC(=O)CNC(C)=O)C(=O)N[C@@H](CCCN=C(N)N)C(=O)N[C@H](C(=O)N[C@@H](C)C(=O)NN)C(C)C. The standard InChI is InChI=1S/C24H46N10O6/c1-7-13(4)19(32-17(36)11-29-15(6)35)23(40)31-16(9-8-10-28-24(25)26)21(38)33-18(12(2)3)22(39)30-14(5)20(37)34-27/h12-14,16,18-19H,7-11,27H2,1-6H3,(H,29,35)(H,30,39)(H,31,40)(H,32,36)(H,33,38)(H,34,37)(H4,25,26,28)/t13-,14-,16-,18-,19-/m0/s1. The predicted molar refractivity (Wildman–Crippen MR) is 149 cm³/mol. The normalized spacial score (nSPS) is 14.4. The third-order valence-corrected chi connectivity index (χ3v) is 6.03. The predicted octanol–water partition coefficient (Wildman–Crippen LogP) is -3.17. The van der Waals surface area contributed by atoms with Gasteiger partial charge >= 0.3 is 0 Å². The molecule has 5 atom stereocenters. The molecule has 228 valence electrons. The van der Waals surface area contributed by atoms with Gasteiger partial charge in [0.05, 0.1) is 6.54 Å². The Labute approximate surface area is 234 Å². The van der Waals surface area contributed by atoms with E-state index in [-0.39, 0.29) is 37.3 Å². The van der Waals surface area contributed by atoms with Gasteiger partial charge in [0.1, 0.15) is 24.2 Å². The number of hydrogen-bond donors (Lipinski definition) is 9. The lowest BCUT2D eigenvalue weighted by Crippen LogP contribution is -2.60. The minimum absolute atomic E-state index is 0.111. The molecule has 0 saturated heterocycles. The number of aliphatic imine (C=N–C) groups is 1. The Morgan fingerprint density at radius 2 is 1.40 bits per heavy atom. The van der Waals surface area contributed by atoms with Crippen LogP contribution in [0.2, 0.25) is 0 Å². The minimum Gasteiger partial charge on any atom is -0.370 e. The molecule has 0 aromatic heterocycles. The van der Waals surface area contributed by atoms with Crippen molar-refractivity contribution < 1.29 is 28.8 Å². The van der Waals surface area contributed by atoms with Crippen molar-refractivity contribution in [2.24, 2.45) is 34.1 Å². The fourth-order valence-corrected chi connectivity index (χ4v) is 3.45. The fraction of sp³-hybridized carbons (Fsp3) is 0.708. The molecule has 0 aliphatic rings. The van der Waals surface area contributed by atoms with Gasteiger partial charge in [-0.25, -0.2) is 5.84 Å². The summed E-state index contributed by atoms with van der Waals surface area (Å²) in [6, 6.07) is -4.11. The number of nitrogens with zero attached hydrogens (tertiary/aromatic N) is 1. The second-order valence-corrected chi connectivity index (χ2v) is 9.82. The van der Waals surface area contributed by atoms with Crippen LogP contribution in [0.25, 0.3) is 0 Å². The van der Waals surface area contributed by atoms with Crippen molar-refractivity contribution >= 4 is 41.4 Å². The third-order valence-electron chi connectivity index (χ3n) is 6.03. The lowest BCUT2D eigenvalue weighted by Gasteiger charge is -2.28. The van der Waals surface area contributed by atoms with E-state index in [0.717, 1.165) is 0 Å². The van der Waals surface area contributed by atoms with Crippen molar-refractivity contribution in [3.05, 3.63) is 0 Å². The highest BCUT2D eigenvalue weighted by atomic mass is 16.2. The van der Waals surface area contributed by atoms with Crippen molar-refractivity contribution in [1.29, 1.82) is 0 Å². The van der Waals surface area contributed by atoms with Gasteiger partial charge in [-0.05, 0) is 31.6 Å². The fourth-order valence-electron chi connectivity index (χ4n) is 3.45. The Kier molecular flexibility index (Phi) is 16.5. The number of amides is 6. The summed E-state index contributed by atoms with van der Waals surface area (Å²) in [4.78, 5) is 78.5. The number of nitrogens with one attached hydrogen (secondary N) is 6. The van der Waals surface area contributed by atoms with E-state index in [2.05, 4.69) is 31.6 Å². The van der Waals surface area contributed by atoms with Crippen molar-refractivity contribution in [1.82, 2.24) is 32.0 Å². The number of guanidine groups is 1. The minimum atomic E-state index is -1.11. The molecule has 0 aliphatic heterocycles. The van der Waals surface area contributed by atoms with Gasteiger partial charge in [0, 0.05) is 13.5 Å². The van der Waals surface area contributed by atoms with Crippen molar-refractivity contribution in [2.75, 3.05) is 13.1 Å². The molecule has 0 spiro atoms. The van der Waals surface area contributed by atoms with Crippen LogP contribution in [-0.2, 0) is 28.8 Å². The maximum absolute atomic E-state index is 13.3. The zero-order chi connectivity index (χ0) is 31.0. The first-order valence-corrected chi connectivity index (χ1v) is 13.1. The monoisotopic (exact) mass is 570 g/mol. The smallest absolute Gasteiger partial charge is 0.256 e. The highest BCUT2D eigenvalue weighted by Crippen LogP contribution is 2.10. The lowest BCUT2D eigenvalue weighted by molar-refractivity contribution is -0.135. The van der Waals surface area contributed by atoms with Gasteiger partial charge in [-0.3, -0.25) is 39.2 Å². The Morgan fingerprint density at radius 3 is 1.90 bits per heavy atom. The Balaban J connectivity index is 5.83. The Hall–Kier alpha value is -3.95. The quantitative estimate of drug-likeness (QED) is 0.0213. The molecule has 0 fully saturated rings. The van der Waals surface area contributed by atoms with Crippen LogP contribution in [0.5, 0.6) is 0 Å². The maximum atomic E-state index is 13.3. The number of nitrogens with two attached hydrogens (primary N) is 3. The molecular formula is C24H46N10O6. The highest BCUT2D eigenvalue weighted by Gasteiger charge is 2.33. The highest BCUT2D eigenvalue weighted by molar-refractivity contribution is 5.96. The van der Waals surface area contributed by atoms with Gasteiger partial charge in [-0.15, -0.1) is 0 Å². The second-order valence-electron chi connectivity index (χ2n) is 9.82. The van der Waals surface area contributed by atoms with Crippen molar-refractivity contribution in [2.45, 2.75) is 85.0 Å². The van der Waals surface area contributed by atoms with E-state index in [9.17, 15) is 28.8 Å². The second kappa shape index (κ2) is 18.4. The molecule has 0 bridgehead atoms. The van der Waals surface area contributed by atoms with Crippen LogP contribution in [0, 0.1) is 11.8 Å². The summed E-state index contributed by atoms with van der Waals surface area (Å²) in [7, 11) is 0. The van der Waals surface area contributed by atoms with E-state index in [1.54, 1.807) is 20.8 Å². The van der Waals surface area contributed by atoms with E-state index >= 15 is 0 Å². The molecule has 0 aliphatic carbocycles. The Morgan fingerprint density at radius 1 is 0.800 bits per heavy atom. The zero-order valence-electron chi connectivity index (χ0n) is 24.1. The largest absolute Gasteiger partial charge is 0.370 e. The topological polar surface area (TPSA) is 265 Å². The molecule has 0 aromatic rings. The van der Waals surface area contributed by atoms with Gasteiger partial charge in [0.2, 0.25) is 29.5 Å². The first-order valence-electron chi connectivity index (χ1n) is 13.1. The van der Waals surface area contributed by atoms with E-state index in [1.165, 1.54) is 13.8 Å². The number of hydrazine groups is 1. The van der Waals surface area contributed by atoms with E-state index in [1.807, 2.05) is 12.3 Å². The molecule has 0 radical (unpaired) electrons. The summed E-state index contributed by atoms with van der Waals surface area (Å²) in [5, 5.41) is 12.8. The summed E-state index contributed by atoms with van der Waals surface area (Å²) in [6.07, 6.45) is 0.954. The molecule has 40 heavy (non-hydrogen) atoms. The molecule has 0 saturated carbocycles. The maximum Gasteiger partial charge on any atom is 0.256 e. The molecular weight excluding hydrogens is 524 g/mol. The number of carbonyl (C=O) groups excluding carboxylic acids is 6. The lowest BCUT2D eigenvalue weighted by atomic mass is 9.97. The van der Waals surface area contributed by atoms with Gasteiger partial charge in [0.15, 0.2) is 5.96 Å². The third kappa shape index (κ3) is 13.7. The Bertz CT molecular complexity index is 922. The van der Waals surface area contributed by atoms with Crippen LogP contribution in [-0.4, -0.2) is 78.7 Å². The van der Waals surface area contributed by atoms with Crippen LogP contribution >= 0.6 is 0 Å². The van der Waals surface area contributed by atoms with E-state index < -0.39 is 59.6 Å². The van der Waals surface area contributed by atoms with Gasteiger partial charge in [0.25, 0.3) is 5.91 Å². The average Bonchev–Trinajstić information content (AvgIpc) is 2.88. The summed E-state index contributed by atoms with van der Waals surface area (Å²) in [6.45, 7) is 9.56. The van der Waals surface area contributed by atoms with E-state index in [0.29, 0.717) is 12.8 Å². The number of hydrogen-bond acceptors (Lipinski definition) is 8. The summed E-state index contributed by atoms with van der Waals surface area (Å²) in [5.41, 5.74) is 12.7. The molecule has 0 rings (SSSR count). The van der Waals surface area contributed by atoms with Crippen LogP contribution in [0.1, 0.15) is 60.8 Å². The van der Waals surface area contributed by atoms with Crippen molar-refractivity contribution in [3.63, 3.8) is 0 Å². The number of carbonyl (C=O) groups is 6. The average molecular weight is 571 g/mol. The van der Waals surface area contributed by atoms with Crippen LogP contribution in [0.3, 0.4) is 0 Å². The first kappa shape index (κ1) is 36.0. The van der Waals surface area contributed by atoms with Crippen LogP contribution < -0.4 is 49.3 Å². The van der Waals surface area contributed by atoms with Gasteiger partial charge in [-0.2, -0.15) is 0 Å². The molecule has 0 unspecified atom stereocenters. The molecule has 16 nitrogen and oxygen atoms in total. The van der Waals surface area contributed by atoms with Crippen LogP contribution in [0.4, 0.5) is 0 Å². The zero-order valence-corrected chi connectivity index (χ0v) is 24.1. The molecule has 6 amide bonds. The number of rotatable bonds is 17. The summed E-state index contributed by atoms with van der Waals surface area (Å²) < 4.78 is 0. The van der Waals surface area contributed by atoms with Crippen molar-refractivity contribution in [3.8, 4) is 0 Å². The molecule has 0 heterocycles. The molecule has 16 heteroatoms. The molecule has 0 aromatic carbocycles. The molecule has 12 N–H and O–H groups in total.